The van der Waals surface area contributed by atoms with Crippen molar-refractivity contribution in [2.75, 3.05) is 0 Å². The molecule has 3 nitrogen and oxygen atoms in total. The lowest BCUT2D eigenvalue weighted by Gasteiger charge is -2.18. The number of benzene rings is 2. The second-order valence-electron chi connectivity index (χ2n) is 5.65. The standard InChI is InChI=1S/C19H22FNO2/c1-14(8-9-16-6-4-3-5-7-16)21-19(22)15(2)23-18-12-10-17(20)11-13-18/h3-7,10-15H,8-9H2,1-2H3,(H,21,22)/t14-,15+/m1/s1. The molecule has 1 N–H and O–H groups in total. The van der Waals surface area contributed by atoms with Gasteiger partial charge in [-0.1, -0.05) is 30.3 Å². The number of halogens is 1. The Hall–Kier alpha value is -2.36. The molecule has 0 heterocycles. The molecule has 0 radical (unpaired) electrons. The van der Waals surface area contributed by atoms with Crippen LogP contribution in [0.2, 0.25) is 0 Å². The SMILES string of the molecule is C[C@H](CCc1ccccc1)NC(=O)[C@H](C)Oc1ccc(F)cc1. The number of rotatable bonds is 7. The molecule has 2 aromatic rings. The minimum absolute atomic E-state index is 0.0574. The van der Waals surface area contributed by atoms with Crippen LogP contribution in [0.3, 0.4) is 0 Å². The van der Waals surface area contributed by atoms with Gasteiger partial charge in [-0.25, -0.2) is 4.39 Å². The normalized spacial score (nSPS) is 13.2. The van der Waals surface area contributed by atoms with Crippen LogP contribution in [0.15, 0.2) is 54.6 Å². The number of amides is 1. The van der Waals surface area contributed by atoms with Gasteiger partial charge in [-0.15, -0.1) is 0 Å². The largest absolute Gasteiger partial charge is 0.481 e. The van der Waals surface area contributed by atoms with Crippen molar-refractivity contribution in [1.82, 2.24) is 5.32 Å². The molecule has 0 saturated carbocycles. The molecule has 1 amide bonds. The first-order valence-electron chi connectivity index (χ1n) is 7.81. The van der Waals surface area contributed by atoms with Gasteiger partial charge in [0, 0.05) is 6.04 Å². The quantitative estimate of drug-likeness (QED) is 0.845. The van der Waals surface area contributed by atoms with Gasteiger partial charge in [-0.3, -0.25) is 4.79 Å². The van der Waals surface area contributed by atoms with E-state index in [1.807, 2.05) is 25.1 Å². The van der Waals surface area contributed by atoms with E-state index in [1.165, 1.54) is 29.8 Å². The van der Waals surface area contributed by atoms with Crippen LogP contribution in [0.4, 0.5) is 4.39 Å². The zero-order chi connectivity index (χ0) is 16.7. The van der Waals surface area contributed by atoms with Crippen molar-refractivity contribution in [1.29, 1.82) is 0 Å². The van der Waals surface area contributed by atoms with Crippen molar-refractivity contribution in [3.63, 3.8) is 0 Å². The van der Waals surface area contributed by atoms with Crippen molar-refractivity contribution >= 4 is 5.91 Å². The van der Waals surface area contributed by atoms with Gasteiger partial charge in [0.2, 0.25) is 0 Å². The van der Waals surface area contributed by atoms with E-state index in [4.69, 9.17) is 4.74 Å². The maximum absolute atomic E-state index is 12.8. The van der Waals surface area contributed by atoms with Gasteiger partial charge >= 0.3 is 0 Å². The van der Waals surface area contributed by atoms with Crippen LogP contribution in [0.1, 0.15) is 25.8 Å². The first-order valence-corrected chi connectivity index (χ1v) is 7.81. The van der Waals surface area contributed by atoms with E-state index in [1.54, 1.807) is 6.92 Å². The molecule has 0 aromatic heterocycles. The van der Waals surface area contributed by atoms with E-state index in [-0.39, 0.29) is 17.8 Å². The average Bonchev–Trinajstić information content (AvgIpc) is 2.56. The highest BCUT2D eigenvalue weighted by Crippen LogP contribution is 2.13. The summed E-state index contributed by atoms with van der Waals surface area (Å²) in [5.74, 6) is -0.0233. The molecule has 0 spiro atoms. The van der Waals surface area contributed by atoms with Crippen molar-refractivity contribution in [3.05, 3.63) is 66.0 Å². The van der Waals surface area contributed by atoms with E-state index in [2.05, 4.69) is 17.4 Å². The molecular weight excluding hydrogens is 293 g/mol. The van der Waals surface area contributed by atoms with Crippen molar-refractivity contribution < 1.29 is 13.9 Å². The summed E-state index contributed by atoms with van der Waals surface area (Å²) in [6.45, 7) is 3.66. The topological polar surface area (TPSA) is 38.3 Å². The van der Waals surface area contributed by atoms with Crippen LogP contribution in [-0.2, 0) is 11.2 Å². The summed E-state index contributed by atoms with van der Waals surface area (Å²) in [7, 11) is 0. The molecule has 2 rings (SSSR count). The molecule has 2 aromatic carbocycles. The van der Waals surface area contributed by atoms with Crippen LogP contribution in [-0.4, -0.2) is 18.1 Å². The minimum Gasteiger partial charge on any atom is -0.481 e. The Kier molecular flexibility index (Phi) is 6.15. The number of hydrogen-bond acceptors (Lipinski definition) is 2. The third-order valence-corrected chi connectivity index (χ3v) is 3.59. The van der Waals surface area contributed by atoms with E-state index < -0.39 is 6.10 Å². The Morgan fingerprint density at radius 1 is 1.09 bits per heavy atom. The second kappa shape index (κ2) is 8.32. The smallest absolute Gasteiger partial charge is 0.260 e. The third kappa shape index (κ3) is 5.74. The molecule has 4 heteroatoms. The van der Waals surface area contributed by atoms with Gasteiger partial charge in [-0.2, -0.15) is 0 Å². The minimum atomic E-state index is -0.625. The lowest BCUT2D eigenvalue weighted by Crippen LogP contribution is -2.41. The zero-order valence-corrected chi connectivity index (χ0v) is 13.5. The summed E-state index contributed by atoms with van der Waals surface area (Å²) in [5, 5.41) is 2.94. The lowest BCUT2D eigenvalue weighted by atomic mass is 10.1. The number of hydrogen-bond donors (Lipinski definition) is 1. The number of ether oxygens (including phenoxy) is 1. The first kappa shape index (κ1) is 17.0. The molecule has 122 valence electrons. The van der Waals surface area contributed by atoms with Crippen molar-refractivity contribution in [2.45, 2.75) is 38.8 Å². The fourth-order valence-electron chi connectivity index (χ4n) is 2.23. The van der Waals surface area contributed by atoms with Crippen LogP contribution >= 0.6 is 0 Å². The lowest BCUT2D eigenvalue weighted by molar-refractivity contribution is -0.127. The van der Waals surface area contributed by atoms with Gasteiger partial charge in [0.05, 0.1) is 0 Å². The number of carbonyl (C=O) groups excluding carboxylic acids is 1. The van der Waals surface area contributed by atoms with Gasteiger partial charge < -0.3 is 10.1 Å². The zero-order valence-electron chi connectivity index (χ0n) is 13.5. The number of carbonyl (C=O) groups is 1. The molecule has 0 aliphatic rings. The Labute approximate surface area is 136 Å². The highest BCUT2D eigenvalue weighted by atomic mass is 19.1. The predicted molar refractivity (Wildman–Crippen MR) is 88.9 cm³/mol. The van der Waals surface area contributed by atoms with Gasteiger partial charge in [0.1, 0.15) is 11.6 Å². The van der Waals surface area contributed by atoms with E-state index >= 15 is 0 Å². The van der Waals surface area contributed by atoms with Gasteiger partial charge in [0.25, 0.3) is 5.91 Å². The predicted octanol–water partition coefficient (Wildman–Crippen LogP) is 3.73. The molecule has 2 atom stereocenters. The molecule has 0 bridgehead atoms. The third-order valence-electron chi connectivity index (χ3n) is 3.59. The van der Waals surface area contributed by atoms with Gasteiger partial charge in [0.15, 0.2) is 6.10 Å². The monoisotopic (exact) mass is 315 g/mol. The Balaban J connectivity index is 1.77. The maximum Gasteiger partial charge on any atom is 0.260 e. The summed E-state index contributed by atoms with van der Waals surface area (Å²) in [5.41, 5.74) is 1.25. The average molecular weight is 315 g/mol. The van der Waals surface area contributed by atoms with E-state index in [0.29, 0.717) is 5.75 Å². The van der Waals surface area contributed by atoms with E-state index in [0.717, 1.165) is 12.8 Å². The Morgan fingerprint density at radius 3 is 2.39 bits per heavy atom. The van der Waals surface area contributed by atoms with Gasteiger partial charge in [-0.05, 0) is 56.5 Å². The summed E-state index contributed by atoms with van der Waals surface area (Å²) in [6.07, 6.45) is 1.15. The fraction of sp³-hybridized carbons (Fsp3) is 0.316. The molecule has 0 unspecified atom stereocenters. The molecule has 0 aliphatic carbocycles. The number of aryl methyl sites for hydroxylation is 1. The first-order chi connectivity index (χ1) is 11.0. The maximum atomic E-state index is 12.8. The van der Waals surface area contributed by atoms with Crippen molar-refractivity contribution in [2.24, 2.45) is 0 Å². The van der Waals surface area contributed by atoms with Crippen LogP contribution in [0, 0.1) is 5.82 Å². The van der Waals surface area contributed by atoms with Crippen LogP contribution < -0.4 is 10.1 Å². The molecule has 23 heavy (non-hydrogen) atoms. The summed E-state index contributed by atoms with van der Waals surface area (Å²) in [6, 6.07) is 15.9. The van der Waals surface area contributed by atoms with Crippen molar-refractivity contribution in [3.8, 4) is 5.75 Å². The molecular formula is C19H22FNO2. The van der Waals surface area contributed by atoms with Crippen LogP contribution in [0.25, 0.3) is 0 Å². The fourth-order valence-corrected chi connectivity index (χ4v) is 2.23. The Bertz CT molecular complexity index is 613. The molecule has 0 fully saturated rings. The summed E-state index contributed by atoms with van der Waals surface area (Å²) < 4.78 is 18.4. The second-order valence-corrected chi connectivity index (χ2v) is 5.65. The Morgan fingerprint density at radius 2 is 1.74 bits per heavy atom. The molecule has 0 saturated heterocycles. The van der Waals surface area contributed by atoms with Crippen LogP contribution in [0.5, 0.6) is 5.75 Å². The summed E-state index contributed by atoms with van der Waals surface area (Å²) in [4.78, 5) is 12.1. The number of nitrogens with one attached hydrogen (secondary N) is 1. The molecule has 0 aliphatic heterocycles. The summed E-state index contributed by atoms with van der Waals surface area (Å²) >= 11 is 0. The highest BCUT2D eigenvalue weighted by Gasteiger charge is 2.16. The highest BCUT2D eigenvalue weighted by molar-refractivity contribution is 5.80. The van der Waals surface area contributed by atoms with E-state index in [9.17, 15) is 9.18 Å².